The van der Waals surface area contributed by atoms with Gasteiger partial charge in [-0.3, -0.25) is 9.69 Å². The van der Waals surface area contributed by atoms with Gasteiger partial charge in [0.05, 0.1) is 0 Å². The third-order valence-corrected chi connectivity index (χ3v) is 2.97. The summed E-state index contributed by atoms with van der Waals surface area (Å²) in [4.78, 5) is 13.8. The van der Waals surface area contributed by atoms with Crippen molar-refractivity contribution in [2.45, 2.75) is 26.2 Å². The van der Waals surface area contributed by atoms with E-state index in [1.54, 1.807) is 0 Å². The largest absolute Gasteiger partial charge is 0.298 e. The number of likely N-dealkylation sites (tertiary alicyclic amines) is 1. The maximum atomic E-state index is 11.4. The molecule has 0 bridgehead atoms. The van der Waals surface area contributed by atoms with Crippen molar-refractivity contribution in [1.29, 1.82) is 0 Å². The maximum Gasteiger partial charge on any atom is 0.161 e. The third kappa shape index (κ3) is 2.19. The van der Waals surface area contributed by atoms with E-state index in [0.717, 1.165) is 31.0 Å². The number of carbonyl (C=O) groups excluding carboxylic acids is 1. The zero-order valence-corrected chi connectivity index (χ0v) is 8.25. The van der Waals surface area contributed by atoms with Crippen LogP contribution in [0.1, 0.15) is 26.2 Å². The fourth-order valence-electron chi connectivity index (χ4n) is 1.90. The van der Waals surface area contributed by atoms with Crippen LogP contribution in [0.5, 0.6) is 0 Å². The Labute approximate surface area is 79.6 Å². The molecule has 1 saturated heterocycles. The summed E-state index contributed by atoms with van der Waals surface area (Å²) in [6.45, 7) is 5.05. The number of nitrogens with zero attached hydrogens (tertiary/aromatic N) is 1. The average molecular weight is 179 g/mol. The summed E-state index contributed by atoms with van der Waals surface area (Å²) >= 11 is 0. The molecule has 1 saturated carbocycles. The van der Waals surface area contributed by atoms with Gasteiger partial charge in [0.15, 0.2) is 5.78 Å². The van der Waals surface area contributed by atoms with Gasteiger partial charge < -0.3 is 0 Å². The van der Waals surface area contributed by atoms with Gasteiger partial charge in [-0.05, 0) is 25.7 Å². The number of Topliss-reactive ketones (excluding diaryl/α,β-unsaturated/α-hetero) is 1. The molecular weight excluding hydrogens is 162 g/mol. The van der Waals surface area contributed by atoms with Crippen LogP contribution in [0.15, 0.2) is 11.6 Å². The molecular formula is C11H17NO. The number of allylic oxidation sites excluding steroid dienone is 1. The number of hydrogen-bond acceptors (Lipinski definition) is 2. The van der Waals surface area contributed by atoms with E-state index in [4.69, 9.17) is 0 Å². The molecule has 13 heavy (non-hydrogen) atoms. The minimum Gasteiger partial charge on any atom is -0.298 e. The van der Waals surface area contributed by atoms with E-state index in [-0.39, 0.29) is 0 Å². The predicted octanol–water partition coefficient (Wildman–Crippen LogP) is 1.62. The Kier molecular flexibility index (Phi) is 2.49. The summed E-state index contributed by atoms with van der Waals surface area (Å²) in [5.41, 5.74) is 1.02. The molecule has 1 heterocycles. The van der Waals surface area contributed by atoms with Crippen molar-refractivity contribution in [3.63, 3.8) is 0 Å². The van der Waals surface area contributed by atoms with E-state index in [2.05, 4.69) is 4.90 Å². The molecule has 2 fully saturated rings. The van der Waals surface area contributed by atoms with Gasteiger partial charge in [0.1, 0.15) is 0 Å². The van der Waals surface area contributed by atoms with Gasteiger partial charge in [0.25, 0.3) is 0 Å². The number of rotatable bonds is 2. The highest BCUT2D eigenvalue weighted by atomic mass is 16.1. The van der Waals surface area contributed by atoms with Crippen molar-refractivity contribution < 1.29 is 4.79 Å². The van der Waals surface area contributed by atoms with Gasteiger partial charge in [0, 0.05) is 31.6 Å². The Morgan fingerprint density at radius 3 is 2.92 bits per heavy atom. The van der Waals surface area contributed by atoms with Crippen molar-refractivity contribution in [3.05, 3.63) is 11.6 Å². The first-order valence-electron chi connectivity index (χ1n) is 5.20. The quantitative estimate of drug-likeness (QED) is 0.600. The molecule has 2 aliphatic rings. The molecule has 0 amide bonds. The summed E-state index contributed by atoms with van der Waals surface area (Å²) in [5, 5.41) is 0. The lowest BCUT2D eigenvalue weighted by Crippen LogP contribution is -2.36. The van der Waals surface area contributed by atoms with Crippen LogP contribution in [-0.2, 0) is 4.79 Å². The Morgan fingerprint density at radius 2 is 2.31 bits per heavy atom. The van der Waals surface area contributed by atoms with Crippen molar-refractivity contribution in [3.8, 4) is 0 Å². The van der Waals surface area contributed by atoms with E-state index in [0.29, 0.717) is 5.78 Å². The monoisotopic (exact) mass is 179 g/mol. The van der Waals surface area contributed by atoms with E-state index in [1.165, 1.54) is 19.4 Å². The molecule has 2 rings (SSSR count). The molecule has 0 unspecified atom stereocenters. The zero-order chi connectivity index (χ0) is 9.26. The topological polar surface area (TPSA) is 20.3 Å². The summed E-state index contributed by atoms with van der Waals surface area (Å²) in [7, 11) is 0. The summed E-state index contributed by atoms with van der Waals surface area (Å²) < 4.78 is 0. The summed E-state index contributed by atoms with van der Waals surface area (Å²) in [6, 6.07) is 0. The van der Waals surface area contributed by atoms with Crippen molar-refractivity contribution >= 4 is 5.78 Å². The van der Waals surface area contributed by atoms with Crippen LogP contribution in [0.3, 0.4) is 0 Å². The van der Waals surface area contributed by atoms with E-state index < -0.39 is 0 Å². The van der Waals surface area contributed by atoms with Crippen molar-refractivity contribution in [2.24, 2.45) is 5.92 Å². The number of ketones is 1. The average Bonchev–Trinajstić information content (AvgIpc) is 2.92. The second kappa shape index (κ2) is 3.62. The Hall–Kier alpha value is -0.630. The van der Waals surface area contributed by atoms with Gasteiger partial charge in [-0.25, -0.2) is 0 Å². The highest BCUT2D eigenvalue weighted by Gasteiger charge is 2.27. The SMILES string of the molecule is C/C=C1/CN(CC2CC2)CCC1=O. The van der Waals surface area contributed by atoms with Gasteiger partial charge in [-0.1, -0.05) is 6.08 Å². The standard InChI is InChI=1S/C11H17NO/c1-2-10-8-12(6-5-11(10)13)7-9-3-4-9/h2,9H,3-8H2,1H3/b10-2-. The molecule has 1 aliphatic heterocycles. The Balaban J connectivity index is 1.89. The molecule has 72 valence electrons. The second-order valence-electron chi connectivity index (χ2n) is 4.17. The number of hydrogen-bond donors (Lipinski definition) is 0. The van der Waals surface area contributed by atoms with E-state index >= 15 is 0 Å². The fraction of sp³-hybridized carbons (Fsp3) is 0.727. The van der Waals surface area contributed by atoms with Gasteiger partial charge >= 0.3 is 0 Å². The number of piperidine rings is 1. The lowest BCUT2D eigenvalue weighted by atomic mass is 10.0. The highest BCUT2D eigenvalue weighted by molar-refractivity contribution is 5.96. The minimum absolute atomic E-state index is 0.356. The molecule has 0 aromatic carbocycles. The molecule has 0 aromatic heterocycles. The summed E-state index contributed by atoms with van der Waals surface area (Å²) in [6.07, 6.45) is 5.50. The number of carbonyl (C=O) groups is 1. The minimum atomic E-state index is 0.356. The Bertz CT molecular complexity index is 240. The van der Waals surface area contributed by atoms with Crippen LogP contribution in [0, 0.1) is 5.92 Å². The van der Waals surface area contributed by atoms with Crippen molar-refractivity contribution in [1.82, 2.24) is 4.90 Å². The van der Waals surface area contributed by atoms with E-state index in [9.17, 15) is 4.79 Å². The molecule has 2 nitrogen and oxygen atoms in total. The molecule has 0 radical (unpaired) electrons. The first-order chi connectivity index (χ1) is 6.29. The normalized spacial score (nSPS) is 28.4. The Morgan fingerprint density at radius 1 is 1.54 bits per heavy atom. The maximum absolute atomic E-state index is 11.4. The van der Waals surface area contributed by atoms with Crippen LogP contribution in [0.2, 0.25) is 0 Å². The van der Waals surface area contributed by atoms with Gasteiger partial charge in [-0.15, -0.1) is 0 Å². The molecule has 1 aliphatic carbocycles. The third-order valence-electron chi connectivity index (χ3n) is 2.97. The lowest BCUT2D eigenvalue weighted by Gasteiger charge is -2.27. The second-order valence-corrected chi connectivity index (χ2v) is 4.17. The molecule has 0 atom stereocenters. The van der Waals surface area contributed by atoms with Crippen LogP contribution in [-0.4, -0.2) is 30.3 Å². The lowest BCUT2D eigenvalue weighted by molar-refractivity contribution is -0.117. The van der Waals surface area contributed by atoms with Crippen LogP contribution in [0.4, 0.5) is 0 Å². The van der Waals surface area contributed by atoms with Crippen molar-refractivity contribution in [2.75, 3.05) is 19.6 Å². The summed E-state index contributed by atoms with van der Waals surface area (Å²) in [5.74, 6) is 1.29. The van der Waals surface area contributed by atoms with E-state index in [1.807, 2.05) is 13.0 Å². The molecule has 2 heteroatoms. The zero-order valence-electron chi connectivity index (χ0n) is 8.25. The van der Waals surface area contributed by atoms with Crippen LogP contribution < -0.4 is 0 Å². The first-order valence-corrected chi connectivity index (χ1v) is 5.20. The van der Waals surface area contributed by atoms with Crippen LogP contribution in [0.25, 0.3) is 0 Å². The fourth-order valence-corrected chi connectivity index (χ4v) is 1.90. The van der Waals surface area contributed by atoms with Crippen LogP contribution >= 0.6 is 0 Å². The van der Waals surface area contributed by atoms with Gasteiger partial charge in [0.2, 0.25) is 0 Å². The molecule has 0 spiro atoms. The highest BCUT2D eigenvalue weighted by Crippen LogP contribution is 2.30. The molecule has 0 N–H and O–H groups in total. The molecule has 0 aromatic rings. The smallest absolute Gasteiger partial charge is 0.161 e. The first kappa shape index (κ1) is 8.95. The van der Waals surface area contributed by atoms with Gasteiger partial charge in [-0.2, -0.15) is 0 Å². The predicted molar refractivity (Wildman–Crippen MR) is 52.5 cm³/mol.